The smallest absolute Gasteiger partial charge is 0.253 e. The van der Waals surface area contributed by atoms with Crippen molar-refractivity contribution in [3.8, 4) is 0 Å². The zero-order valence-electron chi connectivity index (χ0n) is 11.1. The van der Waals surface area contributed by atoms with Crippen LogP contribution in [0.4, 0.5) is 11.5 Å². The van der Waals surface area contributed by atoms with Crippen molar-refractivity contribution in [1.82, 2.24) is 9.97 Å². The van der Waals surface area contributed by atoms with E-state index in [0.29, 0.717) is 15.9 Å². The molecular formula is C13H13ClN4O2S. The SMILES string of the molecule is Cc1ccc(NC(=O)CSc2nc(N)cc(=O)[nH]2)c(Cl)c1. The average Bonchev–Trinajstić information content (AvgIpc) is 2.39. The highest BCUT2D eigenvalue weighted by Gasteiger charge is 2.08. The predicted octanol–water partition coefficient (Wildman–Crippen LogP) is 2.04. The van der Waals surface area contributed by atoms with Gasteiger partial charge in [-0.15, -0.1) is 0 Å². The van der Waals surface area contributed by atoms with Gasteiger partial charge in [0.15, 0.2) is 5.16 Å². The molecule has 21 heavy (non-hydrogen) atoms. The Hall–Kier alpha value is -1.99. The van der Waals surface area contributed by atoms with Crippen molar-refractivity contribution in [3.05, 3.63) is 45.2 Å². The van der Waals surface area contributed by atoms with Crippen molar-refractivity contribution in [2.24, 2.45) is 0 Å². The fourth-order valence-electron chi connectivity index (χ4n) is 1.56. The molecule has 0 radical (unpaired) electrons. The number of nitrogens with zero attached hydrogens (tertiary/aromatic N) is 1. The molecule has 0 saturated heterocycles. The zero-order valence-corrected chi connectivity index (χ0v) is 12.7. The van der Waals surface area contributed by atoms with E-state index < -0.39 is 0 Å². The molecule has 0 atom stereocenters. The number of carbonyl (C=O) groups excluding carboxylic acids is 1. The summed E-state index contributed by atoms with van der Waals surface area (Å²) in [4.78, 5) is 29.5. The van der Waals surface area contributed by atoms with Crippen molar-refractivity contribution in [1.29, 1.82) is 0 Å². The van der Waals surface area contributed by atoms with E-state index in [4.69, 9.17) is 17.3 Å². The summed E-state index contributed by atoms with van der Waals surface area (Å²) in [5, 5.41) is 3.47. The van der Waals surface area contributed by atoms with Crippen molar-refractivity contribution in [3.63, 3.8) is 0 Å². The first-order chi connectivity index (χ1) is 9.94. The van der Waals surface area contributed by atoms with E-state index in [9.17, 15) is 9.59 Å². The number of aryl methyl sites for hydroxylation is 1. The minimum Gasteiger partial charge on any atom is -0.383 e. The minimum atomic E-state index is -0.355. The number of hydrogen-bond acceptors (Lipinski definition) is 5. The molecule has 4 N–H and O–H groups in total. The summed E-state index contributed by atoms with van der Waals surface area (Å²) < 4.78 is 0. The third-order valence-electron chi connectivity index (χ3n) is 2.48. The molecule has 0 bridgehead atoms. The number of hydrogen-bond donors (Lipinski definition) is 3. The molecule has 0 unspecified atom stereocenters. The lowest BCUT2D eigenvalue weighted by atomic mass is 10.2. The molecule has 1 aromatic heterocycles. The number of nitrogens with one attached hydrogen (secondary N) is 2. The summed E-state index contributed by atoms with van der Waals surface area (Å²) in [5.41, 5.74) is 6.66. The highest BCUT2D eigenvalue weighted by atomic mass is 35.5. The van der Waals surface area contributed by atoms with Gasteiger partial charge in [0, 0.05) is 6.07 Å². The molecule has 0 saturated carbocycles. The number of H-pyrrole nitrogens is 1. The van der Waals surface area contributed by atoms with Crippen LogP contribution in [0.3, 0.4) is 0 Å². The molecule has 2 aromatic rings. The summed E-state index contributed by atoms with van der Waals surface area (Å²) in [7, 11) is 0. The first-order valence-electron chi connectivity index (χ1n) is 5.99. The lowest BCUT2D eigenvalue weighted by Gasteiger charge is -2.07. The second-order valence-electron chi connectivity index (χ2n) is 4.30. The fourth-order valence-corrected chi connectivity index (χ4v) is 2.53. The van der Waals surface area contributed by atoms with Gasteiger partial charge in [-0.05, 0) is 24.6 Å². The van der Waals surface area contributed by atoms with E-state index in [2.05, 4.69) is 15.3 Å². The van der Waals surface area contributed by atoms with Crippen molar-refractivity contribution in [2.75, 3.05) is 16.8 Å². The summed E-state index contributed by atoms with van der Waals surface area (Å²) in [6.07, 6.45) is 0. The second kappa shape index (κ2) is 6.64. The predicted molar refractivity (Wildman–Crippen MR) is 84.8 cm³/mol. The Morgan fingerprint density at radius 3 is 2.90 bits per heavy atom. The first kappa shape index (κ1) is 15.4. The molecule has 1 amide bonds. The largest absolute Gasteiger partial charge is 0.383 e. The Bertz CT molecular complexity index is 732. The summed E-state index contributed by atoms with van der Waals surface area (Å²) in [6.45, 7) is 1.91. The number of aromatic nitrogens is 2. The van der Waals surface area contributed by atoms with Gasteiger partial charge in [-0.3, -0.25) is 9.59 Å². The number of nitrogen functional groups attached to an aromatic ring is 1. The summed E-state index contributed by atoms with van der Waals surface area (Å²) in [6, 6.07) is 6.53. The maximum absolute atomic E-state index is 11.9. The van der Waals surface area contributed by atoms with E-state index >= 15 is 0 Å². The van der Waals surface area contributed by atoms with E-state index in [1.165, 1.54) is 6.07 Å². The van der Waals surface area contributed by atoms with Gasteiger partial charge in [-0.2, -0.15) is 0 Å². The van der Waals surface area contributed by atoms with Crippen molar-refractivity contribution >= 4 is 40.8 Å². The van der Waals surface area contributed by atoms with Gasteiger partial charge >= 0.3 is 0 Å². The fraction of sp³-hybridized carbons (Fsp3) is 0.154. The lowest BCUT2D eigenvalue weighted by molar-refractivity contribution is -0.113. The summed E-state index contributed by atoms with van der Waals surface area (Å²) >= 11 is 7.12. The Morgan fingerprint density at radius 1 is 1.48 bits per heavy atom. The van der Waals surface area contributed by atoms with Crippen LogP contribution in [0.2, 0.25) is 5.02 Å². The molecule has 0 fully saturated rings. The number of halogens is 1. The first-order valence-corrected chi connectivity index (χ1v) is 7.36. The van der Waals surface area contributed by atoms with Gasteiger partial charge in [0.05, 0.1) is 16.5 Å². The Morgan fingerprint density at radius 2 is 2.24 bits per heavy atom. The van der Waals surface area contributed by atoms with Crippen LogP contribution in [0.25, 0.3) is 0 Å². The number of rotatable bonds is 4. The third-order valence-corrected chi connectivity index (χ3v) is 3.66. The number of thioether (sulfide) groups is 1. The standard InChI is InChI=1S/C13H13ClN4O2S/c1-7-2-3-9(8(14)4-7)16-12(20)6-21-13-17-10(15)5-11(19)18-13/h2-5H,6H2,1H3,(H,16,20)(H3,15,17,18,19). The molecule has 1 heterocycles. The molecule has 2 rings (SSSR count). The van der Waals surface area contributed by atoms with Crippen LogP contribution in [0.1, 0.15) is 5.56 Å². The number of aromatic amines is 1. The average molecular weight is 325 g/mol. The maximum Gasteiger partial charge on any atom is 0.253 e. The van der Waals surface area contributed by atoms with Crippen LogP contribution in [0.5, 0.6) is 0 Å². The number of benzene rings is 1. The monoisotopic (exact) mass is 324 g/mol. The Balaban J connectivity index is 1.97. The number of anilines is 2. The van der Waals surface area contributed by atoms with Gasteiger partial charge in [-0.25, -0.2) is 4.98 Å². The van der Waals surface area contributed by atoms with Gasteiger partial charge in [0.1, 0.15) is 5.82 Å². The number of nitrogens with two attached hydrogens (primary N) is 1. The molecule has 1 aromatic carbocycles. The van der Waals surface area contributed by atoms with Crippen LogP contribution in [0.15, 0.2) is 34.2 Å². The summed E-state index contributed by atoms with van der Waals surface area (Å²) in [5.74, 6) is -0.0598. The van der Waals surface area contributed by atoms with E-state index in [-0.39, 0.29) is 23.0 Å². The Labute approximate surface area is 130 Å². The molecule has 6 nitrogen and oxygen atoms in total. The van der Waals surface area contributed by atoms with Crippen molar-refractivity contribution < 1.29 is 4.79 Å². The maximum atomic E-state index is 11.9. The second-order valence-corrected chi connectivity index (χ2v) is 5.67. The highest BCUT2D eigenvalue weighted by molar-refractivity contribution is 7.99. The van der Waals surface area contributed by atoms with Crippen LogP contribution in [0, 0.1) is 6.92 Å². The van der Waals surface area contributed by atoms with Gasteiger partial charge < -0.3 is 16.0 Å². The van der Waals surface area contributed by atoms with Crippen LogP contribution < -0.4 is 16.6 Å². The molecule has 0 aliphatic heterocycles. The molecule has 8 heteroatoms. The molecule has 0 aliphatic rings. The third kappa shape index (κ3) is 4.51. The van der Waals surface area contributed by atoms with E-state index in [1.807, 2.05) is 13.0 Å². The normalized spacial score (nSPS) is 10.4. The van der Waals surface area contributed by atoms with Crippen LogP contribution >= 0.6 is 23.4 Å². The van der Waals surface area contributed by atoms with Crippen LogP contribution in [-0.4, -0.2) is 21.6 Å². The topological polar surface area (TPSA) is 101 Å². The highest BCUT2D eigenvalue weighted by Crippen LogP contribution is 2.23. The Kier molecular flexibility index (Phi) is 4.87. The molecule has 110 valence electrons. The van der Waals surface area contributed by atoms with Gasteiger partial charge in [0.25, 0.3) is 5.56 Å². The molecular weight excluding hydrogens is 312 g/mol. The van der Waals surface area contributed by atoms with Crippen molar-refractivity contribution in [2.45, 2.75) is 12.1 Å². The molecule has 0 spiro atoms. The van der Waals surface area contributed by atoms with Crippen LogP contribution in [-0.2, 0) is 4.79 Å². The van der Waals surface area contributed by atoms with E-state index in [1.54, 1.807) is 12.1 Å². The quantitative estimate of drug-likeness (QED) is 0.590. The van der Waals surface area contributed by atoms with Gasteiger partial charge in [0.2, 0.25) is 5.91 Å². The lowest BCUT2D eigenvalue weighted by Crippen LogP contribution is -2.16. The number of amides is 1. The minimum absolute atomic E-state index is 0.0800. The van der Waals surface area contributed by atoms with Gasteiger partial charge in [-0.1, -0.05) is 29.4 Å². The number of carbonyl (C=O) groups is 1. The molecule has 0 aliphatic carbocycles. The zero-order chi connectivity index (χ0) is 15.4. The van der Waals surface area contributed by atoms with E-state index in [0.717, 1.165) is 17.3 Å².